The van der Waals surface area contributed by atoms with Gasteiger partial charge in [0.15, 0.2) is 0 Å². The third kappa shape index (κ3) is 5.19. The van der Waals surface area contributed by atoms with Gasteiger partial charge in [-0.1, -0.05) is 41.9 Å². The predicted molar refractivity (Wildman–Crippen MR) is 119 cm³/mol. The highest BCUT2D eigenvalue weighted by molar-refractivity contribution is 6.30. The molecule has 3 aromatic rings. The Morgan fingerprint density at radius 2 is 1.91 bits per heavy atom. The first kappa shape index (κ1) is 22.1. The predicted octanol–water partition coefficient (Wildman–Crippen LogP) is 4.12. The zero-order chi connectivity index (χ0) is 22.5. The number of amides is 1. The van der Waals surface area contributed by atoms with Gasteiger partial charge in [-0.2, -0.15) is 0 Å². The summed E-state index contributed by atoms with van der Waals surface area (Å²) < 4.78 is 11.2. The standard InChI is InChI=1S/C24H23ClN2O5/c25-18-4-1-3-17(12-18)22-13-27(24(30)32-22)20(15-29)11-16-7-9-21(10-8-16)31-23-6-2-5-19(14-28)26-23/h1-10,12,20,22,28-29H,11,13-15H2/t20-,22-/m0/s1. The van der Waals surface area contributed by atoms with Crippen molar-refractivity contribution >= 4 is 17.7 Å². The van der Waals surface area contributed by atoms with Gasteiger partial charge in [0.25, 0.3) is 0 Å². The number of cyclic esters (lactones) is 1. The number of aliphatic hydroxyl groups is 2. The molecule has 1 amide bonds. The van der Waals surface area contributed by atoms with E-state index < -0.39 is 18.2 Å². The fourth-order valence-electron chi connectivity index (χ4n) is 3.62. The Balaban J connectivity index is 1.40. The number of ether oxygens (including phenoxy) is 2. The lowest BCUT2D eigenvalue weighted by Crippen LogP contribution is -2.40. The molecule has 0 bridgehead atoms. The van der Waals surface area contributed by atoms with Gasteiger partial charge in [-0.3, -0.25) is 4.90 Å². The second-order valence-corrected chi connectivity index (χ2v) is 7.93. The molecule has 1 aromatic heterocycles. The van der Waals surface area contributed by atoms with Gasteiger partial charge in [0.1, 0.15) is 11.9 Å². The summed E-state index contributed by atoms with van der Waals surface area (Å²) >= 11 is 6.05. The van der Waals surface area contributed by atoms with E-state index in [4.69, 9.17) is 21.1 Å². The first-order chi connectivity index (χ1) is 15.6. The van der Waals surface area contributed by atoms with Crippen LogP contribution in [0.3, 0.4) is 0 Å². The van der Waals surface area contributed by atoms with Crippen LogP contribution >= 0.6 is 11.6 Å². The fourth-order valence-corrected chi connectivity index (χ4v) is 3.82. The van der Waals surface area contributed by atoms with E-state index in [1.54, 1.807) is 47.4 Å². The number of carbonyl (C=O) groups excluding carboxylic acids is 1. The Hall–Kier alpha value is -3.13. The second kappa shape index (κ2) is 9.99. The molecule has 0 radical (unpaired) electrons. The topological polar surface area (TPSA) is 92.1 Å². The SMILES string of the molecule is O=C1O[C@H](c2cccc(Cl)c2)CN1[C@H](CO)Cc1ccc(Oc2cccc(CO)n2)cc1. The molecule has 2 atom stereocenters. The minimum atomic E-state index is -0.455. The van der Waals surface area contributed by atoms with Crippen molar-refractivity contribution in [3.05, 3.63) is 88.6 Å². The first-order valence-electron chi connectivity index (χ1n) is 10.2. The van der Waals surface area contributed by atoms with E-state index in [0.717, 1.165) is 11.1 Å². The highest BCUT2D eigenvalue weighted by Gasteiger charge is 2.36. The monoisotopic (exact) mass is 454 g/mol. The van der Waals surface area contributed by atoms with E-state index in [2.05, 4.69) is 4.98 Å². The number of aromatic nitrogens is 1. The maximum absolute atomic E-state index is 12.5. The summed E-state index contributed by atoms with van der Waals surface area (Å²) in [5.74, 6) is 0.989. The van der Waals surface area contributed by atoms with Gasteiger partial charge >= 0.3 is 6.09 Å². The van der Waals surface area contributed by atoms with Crippen molar-refractivity contribution in [3.8, 4) is 11.6 Å². The van der Waals surface area contributed by atoms with Gasteiger partial charge in [0.05, 0.1) is 31.5 Å². The van der Waals surface area contributed by atoms with Crippen molar-refractivity contribution in [1.29, 1.82) is 0 Å². The van der Waals surface area contributed by atoms with Crippen LogP contribution in [0.4, 0.5) is 4.79 Å². The van der Waals surface area contributed by atoms with Crippen LogP contribution in [0.25, 0.3) is 0 Å². The van der Waals surface area contributed by atoms with Crippen molar-refractivity contribution < 1.29 is 24.5 Å². The van der Waals surface area contributed by atoms with E-state index in [9.17, 15) is 15.0 Å². The van der Waals surface area contributed by atoms with E-state index in [-0.39, 0.29) is 13.2 Å². The van der Waals surface area contributed by atoms with Crippen molar-refractivity contribution in [2.45, 2.75) is 25.2 Å². The van der Waals surface area contributed by atoms with Crippen LogP contribution in [0, 0.1) is 0 Å². The molecule has 1 aliphatic rings. The molecule has 32 heavy (non-hydrogen) atoms. The summed E-state index contributed by atoms with van der Waals surface area (Å²) in [5, 5.41) is 19.7. The van der Waals surface area contributed by atoms with Gasteiger partial charge in [0, 0.05) is 11.1 Å². The number of carbonyl (C=O) groups is 1. The van der Waals surface area contributed by atoms with Gasteiger partial charge in [0.2, 0.25) is 5.88 Å². The minimum Gasteiger partial charge on any atom is -0.439 e. The highest BCUT2D eigenvalue weighted by atomic mass is 35.5. The molecule has 8 heteroatoms. The van der Waals surface area contributed by atoms with E-state index >= 15 is 0 Å². The molecule has 2 aromatic carbocycles. The Morgan fingerprint density at radius 1 is 1.12 bits per heavy atom. The maximum Gasteiger partial charge on any atom is 0.410 e. The number of benzene rings is 2. The molecule has 0 aliphatic carbocycles. The first-order valence-corrected chi connectivity index (χ1v) is 10.6. The van der Waals surface area contributed by atoms with E-state index in [1.165, 1.54) is 0 Å². The molecule has 2 N–H and O–H groups in total. The molecule has 7 nitrogen and oxygen atoms in total. The average molecular weight is 455 g/mol. The van der Waals surface area contributed by atoms with E-state index in [0.29, 0.717) is 35.3 Å². The molecule has 1 saturated heterocycles. The van der Waals surface area contributed by atoms with Crippen LogP contribution in [0.5, 0.6) is 11.6 Å². The Labute approximate surface area is 190 Å². The molecular weight excluding hydrogens is 432 g/mol. The molecule has 1 aliphatic heterocycles. The van der Waals surface area contributed by atoms with Crippen molar-refractivity contribution in [1.82, 2.24) is 9.88 Å². The minimum absolute atomic E-state index is 0.157. The van der Waals surface area contributed by atoms with Crippen molar-refractivity contribution in [3.63, 3.8) is 0 Å². The lowest BCUT2D eigenvalue weighted by atomic mass is 10.0. The summed E-state index contributed by atoms with van der Waals surface area (Å²) in [6.45, 7) is 0.00173. The van der Waals surface area contributed by atoms with Gasteiger partial charge in [-0.25, -0.2) is 9.78 Å². The number of hydrogen-bond donors (Lipinski definition) is 2. The summed E-state index contributed by atoms with van der Waals surface area (Å²) in [6, 6.07) is 19.4. The Bertz CT molecular complexity index is 1080. The Morgan fingerprint density at radius 3 is 2.62 bits per heavy atom. The van der Waals surface area contributed by atoms with Gasteiger partial charge < -0.3 is 19.7 Å². The highest BCUT2D eigenvalue weighted by Crippen LogP contribution is 2.30. The van der Waals surface area contributed by atoms with Gasteiger partial charge in [-0.15, -0.1) is 0 Å². The normalized spacial score (nSPS) is 16.7. The van der Waals surface area contributed by atoms with E-state index in [1.807, 2.05) is 24.3 Å². The van der Waals surface area contributed by atoms with Crippen LogP contribution in [0.15, 0.2) is 66.7 Å². The molecule has 2 heterocycles. The number of pyridine rings is 1. The summed E-state index contributed by atoms with van der Waals surface area (Å²) in [5.41, 5.74) is 2.29. The van der Waals surface area contributed by atoms with Crippen LogP contribution < -0.4 is 4.74 Å². The Kier molecular flexibility index (Phi) is 6.90. The molecule has 0 saturated carbocycles. The third-order valence-corrected chi connectivity index (χ3v) is 5.51. The maximum atomic E-state index is 12.5. The zero-order valence-corrected chi connectivity index (χ0v) is 18.0. The summed E-state index contributed by atoms with van der Waals surface area (Å²) in [6.07, 6.45) is -0.413. The number of rotatable bonds is 8. The number of halogens is 1. The molecular formula is C24H23ClN2O5. The lowest BCUT2D eigenvalue weighted by Gasteiger charge is -2.24. The zero-order valence-electron chi connectivity index (χ0n) is 17.2. The summed E-state index contributed by atoms with van der Waals surface area (Å²) in [7, 11) is 0. The van der Waals surface area contributed by atoms with Gasteiger partial charge in [-0.05, 0) is 47.9 Å². The lowest BCUT2D eigenvalue weighted by molar-refractivity contribution is 0.117. The largest absolute Gasteiger partial charge is 0.439 e. The molecule has 0 spiro atoms. The van der Waals surface area contributed by atoms with Crippen LogP contribution in [0.2, 0.25) is 5.02 Å². The van der Waals surface area contributed by atoms with Crippen molar-refractivity contribution in [2.75, 3.05) is 13.2 Å². The molecule has 0 unspecified atom stereocenters. The smallest absolute Gasteiger partial charge is 0.410 e. The van der Waals surface area contributed by atoms with Crippen LogP contribution in [0.1, 0.15) is 22.9 Å². The van der Waals surface area contributed by atoms with Crippen LogP contribution in [-0.4, -0.2) is 45.4 Å². The molecule has 4 rings (SSSR count). The number of nitrogens with zero attached hydrogens (tertiary/aromatic N) is 2. The summed E-state index contributed by atoms with van der Waals surface area (Å²) in [4.78, 5) is 18.2. The number of aliphatic hydroxyl groups excluding tert-OH is 2. The quantitative estimate of drug-likeness (QED) is 0.532. The average Bonchev–Trinajstić information content (AvgIpc) is 3.20. The fraction of sp³-hybridized carbons (Fsp3) is 0.250. The third-order valence-electron chi connectivity index (χ3n) is 5.27. The van der Waals surface area contributed by atoms with Crippen molar-refractivity contribution in [2.24, 2.45) is 0 Å². The molecule has 166 valence electrons. The number of hydrogen-bond acceptors (Lipinski definition) is 6. The molecule has 1 fully saturated rings. The van der Waals surface area contributed by atoms with Crippen LogP contribution in [-0.2, 0) is 17.8 Å². The second-order valence-electron chi connectivity index (χ2n) is 7.49.